The minimum Gasteiger partial charge on any atom is -0.461 e. The van der Waals surface area contributed by atoms with Crippen molar-refractivity contribution in [3.05, 3.63) is 0 Å². The third-order valence-corrected chi connectivity index (χ3v) is 6.02. The summed E-state index contributed by atoms with van der Waals surface area (Å²) in [6.07, 6.45) is 0. The maximum absolute atomic E-state index is 8.50. The lowest BCUT2D eigenvalue weighted by Gasteiger charge is -2.07. The number of rotatable bonds is 3. The van der Waals surface area contributed by atoms with Gasteiger partial charge in [0.2, 0.25) is 0 Å². The second-order valence-corrected chi connectivity index (χ2v) is 13.5. The van der Waals surface area contributed by atoms with Crippen molar-refractivity contribution in [2.24, 2.45) is 0 Å². The molecule has 0 bridgehead atoms. The SMILES string of the molecule is C.C.CC[SiH](C)O.[2H][Si](C)(C)O.[2H][Si](C)(C)O[SiH](C)C. The Bertz CT molecular complexity index is 177. The van der Waals surface area contributed by atoms with Gasteiger partial charge in [-0.3, -0.25) is 0 Å². The molecule has 0 spiro atoms. The average molecular weight is 335 g/mol. The molecule has 0 fully saturated rings. The van der Waals surface area contributed by atoms with E-state index in [-0.39, 0.29) is 14.9 Å². The molecule has 0 amide bonds. The Morgan fingerprint density at radius 1 is 0.944 bits per heavy atom. The summed E-state index contributed by atoms with van der Waals surface area (Å²) < 4.78 is 19.4. The van der Waals surface area contributed by atoms with Crippen molar-refractivity contribution in [1.29, 1.82) is 2.47 Å². The van der Waals surface area contributed by atoms with Crippen LogP contribution in [0, 0.1) is 0 Å². The van der Waals surface area contributed by atoms with Crippen LogP contribution in [0.15, 0.2) is 0 Å². The minimum atomic E-state index is -2.36. The van der Waals surface area contributed by atoms with Crippen molar-refractivity contribution in [1.82, 2.24) is 0 Å². The molecule has 0 aliphatic rings. The van der Waals surface area contributed by atoms with Crippen LogP contribution in [0.25, 0.3) is 0 Å². The van der Waals surface area contributed by atoms with Crippen LogP contribution in [0.5, 0.6) is 0 Å². The Morgan fingerprint density at radius 3 is 1.17 bits per heavy atom. The van der Waals surface area contributed by atoms with Crippen molar-refractivity contribution >= 4 is 36.0 Å². The van der Waals surface area contributed by atoms with Crippen LogP contribution in [0.2, 0.25) is 51.9 Å². The molecule has 0 aromatic carbocycles. The molecule has 0 aliphatic carbocycles. The summed E-state index contributed by atoms with van der Waals surface area (Å²) in [5.41, 5.74) is 0. The predicted octanol–water partition coefficient (Wildman–Crippen LogP) is 2.56. The van der Waals surface area contributed by atoms with E-state index in [9.17, 15) is 0 Å². The third-order valence-electron chi connectivity index (χ3n) is 1.06. The molecule has 2 N–H and O–H groups in total. The zero-order valence-corrected chi connectivity index (χ0v) is 16.5. The van der Waals surface area contributed by atoms with Gasteiger partial charge in [-0.25, -0.2) is 0 Å². The van der Waals surface area contributed by atoms with E-state index in [0.717, 1.165) is 6.04 Å². The lowest BCUT2D eigenvalue weighted by Crippen LogP contribution is -2.17. The molecule has 0 saturated carbocycles. The quantitative estimate of drug-likeness (QED) is 0.780. The summed E-state index contributed by atoms with van der Waals surface area (Å²) in [4.78, 5) is 16.8. The van der Waals surface area contributed by atoms with E-state index in [0.29, 0.717) is 0 Å². The van der Waals surface area contributed by atoms with Crippen LogP contribution in [-0.2, 0) is 4.12 Å². The smallest absolute Gasteiger partial charge is 0.169 e. The van der Waals surface area contributed by atoms with E-state index in [2.05, 4.69) is 13.1 Å². The largest absolute Gasteiger partial charge is 0.461 e. The molecule has 18 heavy (non-hydrogen) atoms. The number of hydrogen-bond donors (Lipinski definition) is 2. The molecule has 0 rings (SSSR count). The molecule has 3 nitrogen and oxygen atoms in total. The van der Waals surface area contributed by atoms with E-state index in [1.54, 1.807) is 13.1 Å². The highest BCUT2D eigenvalue weighted by Gasteiger charge is 1.97. The molecule has 0 aliphatic heterocycles. The molecule has 1 atom stereocenters. The Kier molecular flexibility index (Phi) is 30.3. The Balaban J connectivity index is -0.0000000558. The fraction of sp³-hybridized carbons (Fsp3) is 1.00. The lowest BCUT2D eigenvalue weighted by molar-refractivity contribution is 0.579. The van der Waals surface area contributed by atoms with Gasteiger partial charge in [-0.2, -0.15) is 0 Å². The summed E-state index contributed by atoms with van der Waals surface area (Å²) in [7, 11) is -6.34. The maximum atomic E-state index is 8.50. The first-order chi connectivity index (χ1) is 7.69. The van der Waals surface area contributed by atoms with Gasteiger partial charge in [0.25, 0.3) is 0 Å². The Hall–Kier alpha value is 0.748. The van der Waals surface area contributed by atoms with Gasteiger partial charge in [0.15, 0.2) is 36.0 Å². The van der Waals surface area contributed by atoms with Crippen molar-refractivity contribution in [2.75, 3.05) is 0 Å². The first-order valence-corrected chi connectivity index (χ1v) is 15.9. The number of hydrogen-bond acceptors (Lipinski definition) is 3. The highest BCUT2D eigenvalue weighted by Crippen LogP contribution is 1.87. The van der Waals surface area contributed by atoms with E-state index in [4.69, 9.17) is 16.2 Å². The van der Waals surface area contributed by atoms with E-state index in [1.165, 1.54) is 0 Å². The average Bonchev–Trinajstić information content (AvgIpc) is 1.96. The van der Waals surface area contributed by atoms with Gasteiger partial charge in [0.1, 0.15) is 0 Å². The van der Waals surface area contributed by atoms with Crippen LogP contribution < -0.4 is 0 Å². The zero-order valence-electron chi connectivity index (χ0n) is 14.2. The first kappa shape index (κ1) is 23.8. The topological polar surface area (TPSA) is 49.7 Å². The standard InChI is InChI=1S/C4H14OSi2.C3H10OSi.C2H8OSi.2CH4/c1-6(2)5-7(3)4;1-3-5(2)4;1-4(2)3;;/h6-7H,1-4H3;4-5H,3H2,1-2H3;3-4H,1-2H3;2*1H4/i6D;;4D;;. The highest BCUT2D eigenvalue weighted by atomic mass is 28.4. The molecule has 0 saturated heterocycles. The van der Waals surface area contributed by atoms with Crippen LogP contribution in [-0.4, -0.2) is 48.1 Å². The van der Waals surface area contributed by atoms with Crippen molar-refractivity contribution in [3.63, 3.8) is 0 Å². The van der Waals surface area contributed by atoms with Gasteiger partial charge < -0.3 is 13.7 Å². The van der Waals surface area contributed by atoms with Crippen molar-refractivity contribution in [3.8, 4) is 0 Å². The Morgan fingerprint density at radius 2 is 1.17 bits per heavy atom. The summed E-state index contributed by atoms with van der Waals surface area (Å²) in [6, 6.07) is 1.00. The van der Waals surface area contributed by atoms with Crippen LogP contribution in [0.3, 0.4) is 0 Å². The van der Waals surface area contributed by atoms with Gasteiger partial charge in [-0.1, -0.05) is 21.8 Å². The molecular weight excluding hydrogens is 292 g/mol. The van der Waals surface area contributed by atoms with E-state index < -0.39 is 36.0 Å². The van der Waals surface area contributed by atoms with Crippen LogP contribution in [0.4, 0.5) is 0 Å². The summed E-state index contributed by atoms with van der Waals surface area (Å²) in [6.45, 7) is 15.0. The normalized spacial score (nSPS) is 13.3. The fourth-order valence-electron chi connectivity index (χ4n) is 0.471. The van der Waals surface area contributed by atoms with Gasteiger partial charge in [0, 0.05) is 2.47 Å². The van der Waals surface area contributed by atoms with Gasteiger partial charge in [0.05, 0.1) is 0 Å². The molecular formula is C11H40O3Si4. The van der Waals surface area contributed by atoms with E-state index >= 15 is 0 Å². The molecule has 1 unspecified atom stereocenters. The Labute approximate surface area is 126 Å². The van der Waals surface area contributed by atoms with Gasteiger partial charge in [-0.05, 0) is 51.9 Å². The maximum Gasteiger partial charge on any atom is 0.169 e. The van der Waals surface area contributed by atoms with Crippen LogP contribution in [0.1, 0.15) is 21.8 Å². The first-order valence-electron chi connectivity index (χ1n) is 6.77. The molecule has 0 aromatic heterocycles. The molecule has 0 radical (unpaired) electrons. The monoisotopic (exact) mass is 334 g/mol. The van der Waals surface area contributed by atoms with Gasteiger partial charge >= 0.3 is 0 Å². The summed E-state index contributed by atoms with van der Waals surface area (Å²) in [5, 5.41) is 0. The molecule has 118 valence electrons. The van der Waals surface area contributed by atoms with Gasteiger partial charge in [-0.15, -0.1) is 0 Å². The van der Waals surface area contributed by atoms with Crippen molar-refractivity contribution in [2.45, 2.75) is 73.7 Å². The predicted molar refractivity (Wildman–Crippen MR) is 99.1 cm³/mol. The molecule has 7 heteroatoms. The highest BCUT2D eigenvalue weighted by molar-refractivity contribution is 6.63. The summed E-state index contributed by atoms with van der Waals surface area (Å²) in [5.74, 6) is 0. The fourth-order valence-corrected chi connectivity index (χ4v) is 4.24. The molecule has 0 heterocycles. The van der Waals surface area contributed by atoms with Crippen molar-refractivity contribution < 1.29 is 13.7 Å². The minimum absolute atomic E-state index is 0. The zero-order chi connectivity index (χ0) is 15.6. The third kappa shape index (κ3) is 91.2. The lowest BCUT2D eigenvalue weighted by atomic mass is 11.0. The van der Waals surface area contributed by atoms with Crippen LogP contribution >= 0.6 is 0 Å². The van der Waals surface area contributed by atoms with E-state index in [1.807, 2.05) is 26.6 Å². The second kappa shape index (κ2) is 22.9. The molecule has 0 aromatic rings. The summed E-state index contributed by atoms with van der Waals surface area (Å²) >= 11 is 0. The second-order valence-electron chi connectivity index (χ2n) is 4.28.